The van der Waals surface area contributed by atoms with Crippen molar-refractivity contribution in [2.24, 2.45) is 13.0 Å². The molecule has 4 heterocycles. The average molecular weight is 435 g/mol. The number of hydrogen-bond acceptors (Lipinski definition) is 6. The van der Waals surface area contributed by atoms with Crippen molar-refractivity contribution < 1.29 is 9.53 Å². The number of carbonyl (C=O) groups excluding carboxylic acids is 1. The van der Waals surface area contributed by atoms with Crippen molar-refractivity contribution in [3.8, 4) is 17.0 Å². The molecule has 0 spiro atoms. The van der Waals surface area contributed by atoms with E-state index in [9.17, 15) is 14.4 Å². The van der Waals surface area contributed by atoms with Gasteiger partial charge in [0.1, 0.15) is 5.75 Å². The monoisotopic (exact) mass is 435 g/mol. The highest BCUT2D eigenvalue weighted by molar-refractivity contribution is 5.96. The first-order valence-corrected chi connectivity index (χ1v) is 10.5. The van der Waals surface area contributed by atoms with Crippen molar-refractivity contribution in [3.63, 3.8) is 0 Å². The van der Waals surface area contributed by atoms with Crippen LogP contribution < -0.4 is 15.9 Å². The summed E-state index contributed by atoms with van der Waals surface area (Å²) in [7, 11) is 3.05. The van der Waals surface area contributed by atoms with Crippen LogP contribution in [0.15, 0.2) is 58.5 Å². The number of carbonyl (C=O) groups is 1. The molecule has 1 fully saturated rings. The zero-order valence-corrected chi connectivity index (χ0v) is 18.1. The van der Waals surface area contributed by atoms with Gasteiger partial charge in [-0.25, -0.2) is 4.68 Å². The number of nitrogens with zero attached hydrogens (tertiary/aromatic N) is 5. The third-order valence-electron chi connectivity index (χ3n) is 5.82. The van der Waals surface area contributed by atoms with Crippen LogP contribution in [0.1, 0.15) is 23.2 Å². The molecule has 0 aliphatic carbocycles. The first-order valence-electron chi connectivity index (χ1n) is 10.5. The number of pyridine rings is 2. The van der Waals surface area contributed by atoms with E-state index in [1.807, 2.05) is 12.1 Å². The molecule has 3 aromatic heterocycles. The second-order valence-electron chi connectivity index (χ2n) is 7.92. The minimum atomic E-state index is -0.232. The zero-order chi connectivity index (χ0) is 22.7. The van der Waals surface area contributed by atoms with Gasteiger partial charge in [-0.15, -0.1) is 0 Å². The van der Waals surface area contributed by atoms with Gasteiger partial charge in [0.25, 0.3) is 17.0 Å². The van der Waals surface area contributed by atoms with Gasteiger partial charge in [0.05, 0.1) is 18.4 Å². The van der Waals surface area contributed by atoms with Gasteiger partial charge in [-0.3, -0.25) is 19.4 Å². The first kappa shape index (κ1) is 21.5. The molecule has 1 amide bonds. The van der Waals surface area contributed by atoms with Crippen LogP contribution in [0.5, 0.6) is 5.75 Å². The van der Waals surface area contributed by atoms with Gasteiger partial charge in [-0.05, 0) is 37.0 Å². The van der Waals surface area contributed by atoms with E-state index >= 15 is 0 Å². The predicted molar refractivity (Wildman–Crippen MR) is 119 cm³/mol. The van der Waals surface area contributed by atoms with Crippen molar-refractivity contribution in [2.45, 2.75) is 19.4 Å². The smallest absolute Gasteiger partial charge is 0.266 e. The Hall–Kier alpha value is -3.75. The highest BCUT2D eigenvalue weighted by Crippen LogP contribution is 2.23. The van der Waals surface area contributed by atoms with Crippen LogP contribution in [0.25, 0.3) is 11.3 Å². The lowest BCUT2D eigenvalue weighted by atomic mass is 9.96. The van der Waals surface area contributed by atoms with Gasteiger partial charge in [0.2, 0.25) is 0 Å². The summed E-state index contributed by atoms with van der Waals surface area (Å²) in [4.78, 5) is 43.0. The maximum Gasteiger partial charge on any atom is 0.266 e. The van der Waals surface area contributed by atoms with Gasteiger partial charge < -0.3 is 14.2 Å². The number of methoxy groups -OCH3 is 1. The third kappa shape index (κ3) is 4.46. The molecule has 0 N–H and O–H groups in total. The highest BCUT2D eigenvalue weighted by atomic mass is 16.5. The Labute approximate surface area is 184 Å². The molecule has 0 radical (unpaired) electrons. The molecular weight excluding hydrogens is 410 g/mol. The van der Waals surface area contributed by atoms with Crippen molar-refractivity contribution in [1.29, 1.82) is 0 Å². The zero-order valence-electron chi connectivity index (χ0n) is 18.1. The van der Waals surface area contributed by atoms with Crippen molar-refractivity contribution >= 4 is 5.91 Å². The summed E-state index contributed by atoms with van der Waals surface area (Å²) in [6.45, 7) is 1.63. The summed E-state index contributed by atoms with van der Waals surface area (Å²) >= 11 is 0. The standard InChI is InChI=1S/C23H25N5O4/c1-26-15-18(20(32-2)13-22(26)30)23(31)27-11-7-16(8-12-27)14-28-21(29)4-3-19(25-28)17-5-9-24-10-6-17/h3-6,9-10,13,15-16H,7-8,11-12,14H2,1-2H3. The molecule has 0 atom stereocenters. The van der Waals surface area contributed by atoms with E-state index in [1.54, 1.807) is 30.4 Å². The summed E-state index contributed by atoms with van der Waals surface area (Å²) in [6, 6.07) is 8.29. The number of piperidine rings is 1. The number of ether oxygens (including phenoxy) is 1. The van der Waals surface area contributed by atoms with Crippen LogP contribution in [0.4, 0.5) is 0 Å². The van der Waals surface area contributed by atoms with Crippen molar-refractivity contribution in [1.82, 2.24) is 24.2 Å². The largest absolute Gasteiger partial charge is 0.496 e. The summed E-state index contributed by atoms with van der Waals surface area (Å²) in [6.07, 6.45) is 6.42. The molecule has 0 bridgehead atoms. The Morgan fingerprint density at radius 2 is 1.81 bits per heavy atom. The number of aryl methyl sites for hydroxylation is 1. The van der Waals surface area contributed by atoms with Crippen molar-refractivity contribution in [2.75, 3.05) is 20.2 Å². The van der Waals surface area contributed by atoms with Crippen LogP contribution in [-0.2, 0) is 13.6 Å². The Morgan fingerprint density at radius 3 is 2.50 bits per heavy atom. The second-order valence-corrected chi connectivity index (χ2v) is 7.92. The molecular formula is C23H25N5O4. The summed E-state index contributed by atoms with van der Waals surface area (Å²) in [5.74, 6) is 0.355. The Kier molecular flexibility index (Phi) is 6.16. The van der Waals surface area contributed by atoms with Crippen molar-refractivity contribution in [3.05, 3.63) is 75.2 Å². The van der Waals surface area contributed by atoms with Crippen LogP contribution in [0.2, 0.25) is 0 Å². The van der Waals surface area contributed by atoms with E-state index in [-0.39, 0.29) is 28.7 Å². The molecule has 9 nitrogen and oxygen atoms in total. The van der Waals surface area contributed by atoms with Gasteiger partial charge in [0, 0.05) is 63.0 Å². The molecule has 3 aromatic rings. The highest BCUT2D eigenvalue weighted by Gasteiger charge is 2.26. The van der Waals surface area contributed by atoms with Crippen LogP contribution >= 0.6 is 0 Å². The van der Waals surface area contributed by atoms with E-state index < -0.39 is 0 Å². The minimum absolute atomic E-state index is 0.142. The number of likely N-dealkylation sites (tertiary alicyclic amines) is 1. The molecule has 166 valence electrons. The Morgan fingerprint density at radius 1 is 1.09 bits per heavy atom. The Balaban J connectivity index is 1.44. The fourth-order valence-electron chi connectivity index (χ4n) is 3.93. The number of amides is 1. The molecule has 4 rings (SSSR count). The van der Waals surface area contributed by atoms with E-state index in [1.165, 1.54) is 34.7 Å². The van der Waals surface area contributed by atoms with E-state index in [0.29, 0.717) is 25.2 Å². The fourth-order valence-corrected chi connectivity index (χ4v) is 3.93. The topological polar surface area (TPSA) is 99.3 Å². The molecule has 9 heteroatoms. The summed E-state index contributed by atoms with van der Waals surface area (Å²) in [5.41, 5.74) is 1.62. The van der Waals surface area contributed by atoms with Crippen LogP contribution in [-0.4, -0.2) is 50.3 Å². The molecule has 1 saturated heterocycles. The molecule has 0 aromatic carbocycles. The quantitative estimate of drug-likeness (QED) is 0.603. The van der Waals surface area contributed by atoms with E-state index in [0.717, 1.165) is 24.1 Å². The normalized spacial score (nSPS) is 14.4. The molecule has 32 heavy (non-hydrogen) atoms. The van der Waals surface area contributed by atoms with Gasteiger partial charge in [-0.2, -0.15) is 5.10 Å². The van der Waals surface area contributed by atoms with E-state index in [4.69, 9.17) is 4.74 Å². The lowest BCUT2D eigenvalue weighted by molar-refractivity contribution is 0.0676. The van der Waals surface area contributed by atoms with Gasteiger partial charge in [0.15, 0.2) is 0 Å². The Bertz CT molecular complexity index is 1230. The second kappa shape index (κ2) is 9.17. The summed E-state index contributed by atoms with van der Waals surface area (Å²) in [5, 5.41) is 4.53. The molecule has 1 aliphatic heterocycles. The predicted octanol–water partition coefficient (Wildman–Crippen LogP) is 1.56. The van der Waals surface area contributed by atoms with Gasteiger partial charge in [-0.1, -0.05) is 0 Å². The minimum Gasteiger partial charge on any atom is -0.496 e. The first-order chi connectivity index (χ1) is 15.5. The number of rotatable bonds is 5. The number of aromatic nitrogens is 4. The van der Waals surface area contributed by atoms with Gasteiger partial charge >= 0.3 is 0 Å². The fraction of sp³-hybridized carbons (Fsp3) is 0.348. The lowest BCUT2D eigenvalue weighted by Crippen LogP contribution is -2.40. The number of hydrogen-bond donors (Lipinski definition) is 0. The molecule has 0 saturated carbocycles. The lowest BCUT2D eigenvalue weighted by Gasteiger charge is -2.32. The van der Waals surface area contributed by atoms with Crippen LogP contribution in [0.3, 0.4) is 0 Å². The SMILES string of the molecule is COc1cc(=O)n(C)cc1C(=O)N1CCC(Cn2nc(-c3ccncc3)ccc2=O)CC1. The van der Waals surface area contributed by atoms with E-state index in [2.05, 4.69) is 10.1 Å². The third-order valence-corrected chi connectivity index (χ3v) is 5.82. The summed E-state index contributed by atoms with van der Waals surface area (Å²) < 4.78 is 8.12. The average Bonchev–Trinajstić information content (AvgIpc) is 2.82. The molecule has 1 aliphatic rings. The maximum atomic E-state index is 13.0. The van der Waals surface area contributed by atoms with Crippen LogP contribution in [0, 0.1) is 5.92 Å². The molecule has 0 unspecified atom stereocenters. The maximum absolute atomic E-state index is 13.0.